The standard InChI is InChI=1S/C19H19Cl2N3O3/c1-2-27-17-6-4-3-5-13(17)12-22-24-19(26)10-9-18(25)23-16-8-7-14(20)11-15(16)21/h3-8,11-12H,2,9-10H2,1H3,(H,23,25)(H,24,26)/b22-12+. The number of nitrogens with one attached hydrogen (secondary N) is 2. The molecule has 2 amide bonds. The van der Waals surface area contributed by atoms with Crippen LogP contribution in [0.2, 0.25) is 10.0 Å². The summed E-state index contributed by atoms with van der Waals surface area (Å²) in [5.41, 5.74) is 3.58. The summed E-state index contributed by atoms with van der Waals surface area (Å²) in [4.78, 5) is 23.8. The molecule has 2 rings (SSSR count). The average molecular weight is 408 g/mol. The van der Waals surface area contributed by atoms with Crippen molar-refractivity contribution in [3.63, 3.8) is 0 Å². The molecule has 0 saturated carbocycles. The lowest BCUT2D eigenvalue weighted by Gasteiger charge is -2.07. The summed E-state index contributed by atoms with van der Waals surface area (Å²) in [7, 11) is 0. The second-order valence-electron chi connectivity index (χ2n) is 5.44. The van der Waals surface area contributed by atoms with Gasteiger partial charge >= 0.3 is 0 Å². The fraction of sp³-hybridized carbons (Fsp3) is 0.211. The molecule has 142 valence electrons. The van der Waals surface area contributed by atoms with Gasteiger partial charge in [-0.1, -0.05) is 35.3 Å². The van der Waals surface area contributed by atoms with Crippen molar-refractivity contribution in [2.75, 3.05) is 11.9 Å². The van der Waals surface area contributed by atoms with E-state index in [0.717, 1.165) is 5.56 Å². The molecule has 8 heteroatoms. The van der Waals surface area contributed by atoms with Crippen molar-refractivity contribution in [3.8, 4) is 5.75 Å². The summed E-state index contributed by atoms with van der Waals surface area (Å²) >= 11 is 11.8. The minimum atomic E-state index is -0.377. The minimum Gasteiger partial charge on any atom is -0.493 e. The summed E-state index contributed by atoms with van der Waals surface area (Å²) in [6.07, 6.45) is 1.48. The molecule has 6 nitrogen and oxygen atoms in total. The molecule has 0 aromatic heterocycles. The van der Waals surface area contributed by atoms with Gasteiger partial charge in [0.2, 0.25) is 11.8 Å². The molecule has 0 aliphatic carbocycles. The molecule has 0 unspecified atom stereocenters. The smallest absolute Gasteiger partial charge is 0.240 e. The molecule has 0 spiro atoms. The second-order valence-corrected chi connectivity index (χ2v) is 6.28. The Labute approximate surface area is 167 Å². The summed E-state index contributed by atoms with van der Waals surface area (Å²) in [6.45, 7) is 2.42. The summed E-state index contributed by atoms with van der Waals surface area (Å²) in [5, 5.41) is 7.33. The lowest BCUT2D eigenvalue weighted by atomic mass is 10.2. The normalized spacial score (nSPS) is 10.6. The van der Waals surface area contributed by atoms with E-state index in [1.807, 2.05) is 31.2 Å². The fourth-order valence-electron chi connectivity index (χ4n) is 2.13. The van der Waals surface area contributed by atoms with Crippen molar-refractivity contribution in [2.24, 2.45) is 5.10 Å². The molecular weight excluding hydrogens is 389 g/mol. The second kappa shape index (κ2) is 10.5. The number of halogens is 2. The van der Waals surface area contributed by atoms with Crippen LogP contribution >= 0.6 is 23.2 Å². The van der Waals surface area contributed by atoms with E-state index in [2.05, 4.69) is 15.8 Å². The Balaban J connectivity index is 1.80. The number of benzene rings is 2. The maximum absolute atomic E-state index is 11.9. The summed E-state index contributed by atoms with van der Waals surface area (Å²) in [6, 6.07) is 12.1. The van der Waals surface area contributed by atoms with Crippen molar-refractivity contribution in [2.45, 2.75) is 19.8 Å². The molecular formula is C19H19Cl2N3O3. The van der Waals surface area contributed by atoms with E-state index in [-0.39, 0.29) is 24.7 Å². The Bertz CT molecular complexity index is 841. The van der Waals surface area contributed by atoms with Crippen LogP contribution in [0.25, 0.3) is 0 Å². The molecule has 0 radical (unpaired) electrons. The summed E-state index contributed by atoms with van der Waals surface area (Å²) in [5.74, 6) is -0.0326. The third kappa shape index (κ3) is 6.92. The Hall–Kier alpha value is -2.57. The number of nitrogens with zero attached hydrogens (tertiary/aromatic N) is 1. The number of carbonyl (C=O) groups excluding carboxylic acids is 2. The van der Waals surface area contributed by atoms with Crippen LogP contribution in [0.3, 0.4) is 0 Å². The van der Waals surface area contributed by atoms with Crippen molar-refractivity contribution in [1.29, 1.82) is 0 Å². The zero-order valence-electron chi connectivity index (χ0n) is 14.7. The van der Waals surface area contributed by atoms with Crippen molar-refractivity contribution >= 4 is 46.9 Å². The number of hydrogen-bond acceptors (Lipinski definition) is 4. The van der Waals surface area contributed by atoms with E-state index in [1.54, 1.807) is 12.1 Å². The minimum absolute atomic E-state index is 0.00413. The maximum atomic E-state index is 11.9. The zero-order valence-corrected chi connectivity index (χ0v) is 16.2. The number of rotatable bonds is 8. The van der Waals surface area contributed by atoms with Crippen LogP contribution in [0.4, 0.5) is 5.69 Å². The van der Waals surface area contributed by atoms with Gasteiger partial charge in [-0.3, -0.25) is 9.59 Å². The molecule has 0 atom stereocenters. The highest BCUT2D eigenvalue weighted by atomic mass is 35.5. The van der Waals surface area contributed by atoms with E-state index in [9.17, 15) is 9.59 Å². The van der Waals surface area contributed by atoms with Crippen LogP contribution in [0.5, 0.6) is 5.75 Å². The molecule has 2 aromatic rings. The highest BCUT2D eigenvalue weighted by Crippen LogP contribution is 2.25. The number of para-hydroxylation sites is 1. The Morgan fingerprint density at radius 2 is 1.85 bits per heavy atom. The van der Waals surface area contributed by atoms with E-state index in [4.69, 9.17) is 27.9 Å². The number of anilines is 1. The zero-order chi connectivity index (χ0) is 19.6. The molecule has 0 fully saturated rings. The van der Waals surface area contributed by atoms with Crippen LogP contribution in [0.1, 0.15) is 25.3 Å². The van der Waals surface area contributed by atoms with Crippen LogP contribution < -0.4 is 15.5 Å². The van der Waals surface area contributed by atoms with E-state index in [0.29, 0.717) is 28.1 Å². The third-order valence-corrected chi connectivity index (χ3v) is 3.94. The van der Waals surface area contributed by atoms with E-state index >= 15 is 0 Å². The molecule has 27 heavy (non-hydrogen) atoms. The largest absolute Gasteiger partial charge is 0.493 e. The fourth-order valence-corrected chi connectivity index (χ4v) is 2.59. The molecule has 0 saturated heterocycles. The highest BCUT2D eigenvalue weighted by Gasteiger charge is 2.09. The Morgan fingerprint density at radius 3 is 2.59 bits per heavy atom. The topological polar surface area (TPSA) is 79.8 Å². The predicted molar refractivity (Wildman–Crippen MR) is 108 cm³/mol. The number of hydrazone groups is 1. The first kappa shape index (κ1) is 20.7. The molecule has 2 aromatic carbocycles. The Morgan fingerprint density at radius 1 is 1.11 bits per heavy atom. The van der Waals surface area contributed by atoms with E-state index < -0.39 is 0 Å². The van der Waals surface area contributed by atoms with Gasteiger partial charge in [-0.25, -0.2) is 5.43 Å². The van der Waals surface area contributed by atoms with Crippen LogP contribution in [0, 0.1) is 0 Å². The van der Waals surface area contributed by atoms with Crippen LogP contribution in [-0.2, 0) is 9.59 Å². The molecule has 0 aliphatic rings. The van der Waals surface area contributed by atoms with Crippen LogP contribution in [0.15, 0.2) is 47.6 Å². The number of hydrogen-bond donors (Lipinski definition) is 2. The Kier molecular flexibility index (Phi) is 8.10. The predicted octanol–water partition coefficient (Wildman–Crippen LogP) is 4.26. The first-order valence-electron chi connectivity index (χ1n) is 8.28. The van der Waals surface area contributed by atoms with Crippen molar-refractivity contribution in [1.82, 2.24) is 5.43 Å². The molecule has 0 bridgehead atoms. The van der Waals surface area contributed by atoms with Gasteiger partial charge < -0.3 is 10.1 Å². The van der Waals surface area contributed by atoms with Gasteiger partial charge in [0.05, 0.1) is 23.5 Å². The average Bonchev–Trinajstić information content (AvgIpc) is 2.64. The lowest BCUT2D eigenvalue weighted by molar-refractivity contribution is -0.124. The third-order valence-electron chi connectivity index (χ3n) is 3.40. The maximum Gasteiger partial charge on any atom is 0.240 e. The van der Waals surface area contributed by atoms with Gasteiger partial charge in [0, 0.05) is 23.4 Å². The number of ether oxygens (including phenoxy) is 1. The molecule has 2 N–H and O–H groups in total. The SMILES string of the molecule is CCOc1ccccc1/C=N/NC(=O)CCC(=O)Nc1ccc(Cl)cc1Cl. The van der Waals surface area contributed by atoms with Gasteiger partial charge in [0.1, 0.15) is 5.75 Å². The van der Waals surface area contributed by atoms with E-state index in [1.165, 1.54) is 12.3 Å². The first-order chi connectivity index (χ1) is 13.0. The first-order valence-corrected chi connectivity index (χ1v) is 9.04. The lowest BCUT2D eigenvalue weighted by Crippen LogP contribution is -2.20. The van der Waals surface area contributed by atoms with Gasteiger partial charge in [-0.15, -0.1) is 0 Å². The summed E-state index contributed by atoms with van der Waals surface area (Å²) < 4.78 is 5.47. The number of carbonyl (C=O) groups is 2. The van der Waals surface area contributed by atoms with Gasteiger partial charge in [-0.2, -0.15) is 5.10 Å². The van der Waals surface area contributed by atoms with Crippen molar-refractivity contribution < 1.29 is 14.3 Å². The molecule has 0 heterocycles. The van der Waals surface area contributed by atoms with Crippen LogP contribution in [-0.4, -0.2) is 24.6 Å². The van der Waals surface area contributed by atoms with Gasteiger partial charge in [-0.05, 0) is 37.3 Å². The highest BCUT2D eigenvalue weighted by molar-refractivity contribution is 6.36. The van der Waals surface area contributed by atoms with Gasteiger partial charge in [0.25, 0.3) is 0 Å². The number of amides is 2. The molecule has 0 aliphatic heterocycles. The monoisotopic (exact) mass is 407 g/mol. The van der Waals surface area contributed by atoms with Crippen molar-refractivity contribution in [3.05, 3.63) is 58.1 Å². The van der Waals surface area contributed by atoms with Gasteiger partial charge in [0.15, 0.2) is 0 Å². The quantitative estimate of drug-likeness (QED) is 0.506.